The van der Waals surface area contributed by atoms with Gasteiger partial charge in [-0.15, -0.1) is 11.3 Å². The number of hydrogen-bond donors (Lipinski definition) is 0. The van der Waals surface area contributed by atoms with Crippen molar-refractivity contribution in [2.45, 2.75) is 0 Å². The number of fused-ring (bicyclic) bond motifs is 1. The fourth-order valence-electron chi connectivity index (χ4n) is 2.74. The van der Waals surface area contributed by atoms with E-state index in [-0.39, 0.29) is 12.5 Å². The zero-order chi connectivity index (χ0) is 19.7. The Labute approximate surface area is 171 Å². The molecule has 0 atom stereocenters. The third-order valence-corrected chi connectivity index (χ3v) is 5.43. The highest BCUT2D eigenvalue weighted by Gasteiger charge is 2.22. The first-order valence-corrected chi connectivity index (χ1v) is 9.76. The van der Waals surface area contributed by atoms with Crippen LogP contribution in [0.1, 0.15) is 5.56 Å². The Morgan fingerprint density at radius 3 is 2.79 bits per heavy atom. The van der Waals surface area contributed by atoms with Crippen LogP contribution in [0.3, 0.4) is 0 Å². The summed E-state index contributed by atoms with van der Waals surface area (Å²) in [5.74, 6) is 0.807. The fraction of sp³-hybridized carbons (Fsp3) is 0.111. The van der Waals surface area contributed by atoms with Gasteiger partial charge in [-0.25, -0.2) is 4.68 Å². The lowest BCUT2D eigenvalue weighted by Crippen LogP contribution is -2.11. The molecule has 4 rings (SSSR count). The summed E-state index contributed by atoms with van der Waals surface area (Å²) in [4.78, 5) is 15.9. The molecule has 1 aromatic heterocycles. The molecule has 0 N–H and O–H groups in total. The van der Waals surface area contributed by atoms with E-state index in [1.165, 1.54) is 23.6 Å². The minimum Gasteiger partial charge on any atom is -0.454 e. The second-order valence-electron chi connectivity index (χ2n) is 5.72. The van der Waals surface area contributed by atoms with Gasteiger partial charge in [0, 0.05) is 22.5 Å². The normalized spacial score (nSPS) is 13.4. The van der Waals surface area contributed by atoms with Crippen molar-refractivity contribution in [3.8, 4) is 22.8 Å². The van der Waals surface area contributed by atoms with Crippen LogP contribution in [-0.2, 0) is 0 Å². The average Bonchev–Trinajstić information content (AvgIpc) is 3.31. The van der Waals surface area contributed by atoms with Crippen LogP contribution in [0.5, 0.6) is 11.5 Å². The monoisotopic (exact) mass is 460 g/mol. The van der Waals surface area contributed by atoms with Crippen molar-refractivity contribution in [3.05, 3.63) is 66.7 Å². The molecular formula is C18H13BrN4O4S. The van der Waals surface area contributed by atoms with Crippen molar-refractivity contribution in [3.63, 3.8) is 0 Å². The Balaban J connectivity index is 1.81. The highest BCUT2D eigenvalue weighted by molar-refractivity contribution is 9.10. The number of thiazole rings is 1. The van der Waals surface area contributed by atoms with Crippen molar-refractivity contribution >= 4 is 39.2 Å². The molecule has 2 aromatic carbocycles. The van der Waals surface area contributed by atoms with Gasteiger partial charge in [-0.1, -0.05) is 28.1 Å². The molecule has 8 nitrogen and oxygen atoms in total. The van der Waals surface area contributed by atoms with Crippen LogP contribution in [0, 0.1) is 10.1 Å². The van der Waals surface area contributed by atoms with E-state index in [1.807, 2.05) is 29.6 Å². The summed E-state index contributed by atoms with van der Waals surface area (Å²) in [5, 5.41) is 17.9. The van der Waals surface area contributed by atoms with Gasteiger partial charge in [-0.2, -0.15) is 5.10 Å². The lowest BCUT2D eigenvalue weighted by atomic mass is 10.1. The zero-order valence-corrected chi connectivity index (χ0v) is 16.9. The van der Waals surface area contributed by atoms with Gasteiger partial charge in [0.05, 0.1) is 28.5 Å². The van der Waals surface area contributed by atoms with Crippen LogP contribution in [0.4, 0.5) is 5.69 Å². The van der Waals surface area contributed by atoms with Gasteiger partial charge in [-0.05, 0) is 18.2 Å². The molecule has 0 unspecified atom stereocenters. The molecule has 1 aliphatic rings. The summed E-state index contributed by atoms with van der Waals surface area (Å²) in [7, 11) is 1.67. The number of nitro benzene ring substituents is 1. The average molecular weight is 461 g/mol. The maximum Gasteiger partial charge on any atom is 0.282 e. The smallest absolute Gasteiger partial charge is 0.282 e. The van der Waals surface area contributed by atoms with E-state index in [4.69, 9.17) is 9.47 Å². The molecule has 0 saturated carbocycles. The number of rotatable bonds is 4. The van der Waals surface area contributed by atoms with Crippen LogP contribution >= 0.6 is 27.3 Å². The van der Waals surface area contributed by atoms with E-state index in [2.05, 4.69) is 26.0 Å². The van der Waals surface area contributed by atoms with Crippen LogP contribution in [0.15, 0.2) is 56.3 Å². The maximum absolute atomic E-state index is 11.5. The molecule has 0 aliphatic carbocycles. The van der Waals surface area contributed by atoms with Crippen molar-refractivity contribution in [2.75, 3.05) is 13.8 Å². The van der Waals surface area contributed by atoms with Gasteiger partial charge in [0.25, 0.3) is 5.69 Å². The quantitative estimate of drug-likeness (QED) is 0.333. The topological polar surface area (TPSA) is 91.2 Å². The fourth-order valence-corrected chi connectivity index (χ4v) is 3.94. The van der Waals surface area contributed by atoms with E-state index in [0.717, 1.165) is 15.7 Å². The van der Waals surface area contributed by atoms with Crippen molar-refractivity contribution in [2.24, 2.45) is 10.1 Å². The Kier molecular flexibility index (Phi) is 4.97. The second kappa shape index (κ2) is 7.56. The maximum atomic E-state index is 11.5. The number of benzene rings is 2. The summed E-state index contributed by atoms with van der Waals surface area (Å²) in [6.45, 7) is 0.0399. The van der Waals surface area contributed by atoms with Gasteiger partial charge in [-0.3, -0.25) is 15.1 Å². The number of aromatic nitrogens is 1. The van der Waals surface area contributed by atoms with E-state index < -0.39 is 4.92 Å². The highest BCUT2D eigenvalue weighted by Crippen LogP contribution is 2.37. The highest BCUT2D eigenvalue weighted by atomic mass is 79.9. The predicted molar refractivity (Wildman–Crippen MR) is 109 cm³/mol. The van der Waals surface area contributed by atoms with Crippen LogP contribution < -0.4 is 14.3 Å². The predicted octanol–water partition coefficient (Wildman–Crippen LogP) is 4.03. The Hall–Kier alpha value is -2.98. The van der Waals surface area contributed by atoms with Gasteiger partial charge >= 0.3 is 0 Å². The molecule has 0 saturated heterocycles. The lowest BCUT2D eigenvalue weighted by molar-refractivity contribution is -0.385. The minimum atomic E-state index is -0.470. The summed E-state index contributed by atoms with van der Waals surface area (Å²) in [6.07, 6.45) is 1.43. The molecule has 2 heterocycles. The van der Waals surface area contributed by atoms with E-state index >= 15 is 0 Å². The molecule has 0 spiro atoms. The van der Waals surface area contributed by atoms with E-state index in [1.54, 1.807) is 17.8 Å². The number of nitro groups is 1. The van der Waals surface area contributed by atoms with Gasteiger partial charge in [0.15, 0.2) is 11.5 Å². The summed E-state index contributed by atoms with van der Waals surface area (Å²) >= 11 is 4.90. The largest absolute Gasteiger partial charge is 0.454 e. The number of hydrogen-bond acceptors (Lipinski definition) is 7. The van der Waals surface area contributed by atoms with E-state index in [9.17, 15) is 10.1 Å². The Bertz CT molecular complexity index is 1170. The molecule has 0 amide bonds. The molecular weight excluding hydrogens is 448 g/mol. The molecule has 3 aromatic rings. The molecule has 1 aliphatic heterocycles. The summed E-state index contributed by atoms with van der Waals surface area (Å²) < 4.78 is 13.1. The SMILES string of the molecule is CN=c1scc(-c2cccc(Br)c2)n1N=Cc1cc2c(cc1[N+](=O)[O-])OCO2. The van der Waals surface area contributed by atoms with Crippen molar-refractivity contribution in [1.82, 2.24) is 4.68 Å². The second-order valence-corrected chi connectivity index (χ2v) is 7.47. The minimum absolute atomic E-state index is 0.0399. The van der Waals surface area contributed by atoms with Crippen molar-refractivity contribution < 1.29 is 14.4 Å². The third kappa shape index (κ3) is 3.43. The first-order chi connectivity index (χ1) is 13.6. The van der Waals surface area contributed by atoms with Crippen LogP contribution in [-0.4, -0.2) is 29.7 Å². The number of halogens is 1. The lowest BCUT2D eigenvalue weighted by Gasteiger charge is -2.05. The van der Waals surface area contributed by atoms with Crippen LogP contribution in [0.25, 0.3) is 11.3 Å². The molecule has 0 radical (unpaired) electrons. The summed E-state index contributed by atoms with van der Waals surface area (Å²) in [6, 6.07) is 10.7. The third-order valence-electron chi connectivity index (χ3n) is 4.03. The number of nitrogens with zero attached hydrogens (tertiary/aromatic N) is 4. The molecule has 28 heavy (non-hydrogen) atoms. The Morgan fingerprint density at radius 1 is 1.29 bits per heavy atom. The Morgan fingerprint density at radius 2 is 2.07 bits per heavy atom. The first kappa shape index (κ1) is 18.4. The molecule has 142 valence electrons. The summed E-state index contributed by atoms with van der Waals surface area (Å²) in [5.41, 5.74) is 1.97. The molecule has 10 heteroatoms. The van der Waals surface area contributed by atoms with Gasteiger partial charge < -0.3 is 9.47 Å². The standard InChI is InChI=1S/C18H13BrN4O4S/c1-20-18-22(15(9-28-18)11-3-2-4-13(19)5-11)21-8-12-6-16-17(27-10-26-16)7-14(12)23(24)25/h2-9H,10H2,1H3. The van der Waals surface area contributed by atoms with Gasteiger partial charge in [0.1, 0.15) is 0 Å². The van der Waals surface area contributed by atoms with E-state index in [0.29, 0.717) is 21.9 Å². The number of ether oxygens (including phenoxy) is 2. The molecule has 0 bridgehead atoms. The van der Waals surface area contributed by atoms with Crippen molar-refractivity contribution in [1.29, 1.82) is 0 Å². The molecule has 0 fully saturated rings. The van der Waals surface area contributed by atoms with Crippen LogP contribution in [0.2, 0.25) is 0 Å². The first-order valence-electron chi connectivity index (χ1n) is 8.08. The van der Waals surface area contributed by atoms with Gasteiger partial charge in [0.2, 0.25) is 11.6 Å². The zero-order valence-electron chi connectivity index (χ0n) is 14.5.